The quantitative estimate of drug-likeness (QED) is 0.165. The summed E-state index contributed by atoms with van der Waals surface area (Å²) in [5.74, 6) is 2.80. The Labute approximate surface area is 273 Å². The van der Waals surface area contributed by atoms with Crippen LogP contribution in [0.25, 0.3) is 0 Å². The monoisotopic (exact) mass is 642 g/mol. The molecule has 3 aromatic carbocycles. The van der Waals surface area contributed by atoms with Crippen molar-refractivity contribution in [3.63, 3.8) is 0 Å². The van der Waals surface area contributed by atoms with Crippen molar-refractivity contribution in [1.82, 2.24) is 20.9 Å². The van der Waals surface area contributed by atoms with Crippen molar-refractivity contribution >= 4 is 29.3 Å². The fourth-order valence-electron chi connectivity index (χ4n) is 5.49. The summed E-state index contributed by atoms with van der Waals surface area (Å²) in [5.41, 5.74) is 5.71. The zero-order valence-corrected chi connectivity index (χ0v) is 26.5. The van der Waals surface area contributed by atoms with Gasteiger partial charge in [-0.3, -0.25) is 9.59 Å². The van der Waals surface area contributed by atoms with Gasteiger partial charge >= 0.3 is 0 Å². The lowest BCUT2D eigenvalue weighted by atomic mass is 9.85. The van der Waals surface area contributed by atoms with Crippen LogP contribution in [0, 0.1) is 11.8 Å². The summed E-state index contributed by atoms with van der Waals surface area (Å²) in [4.78, 5) is 48.0. The summed E-state index contributed by atoms with van der Waals surface area (Å²) in [6.45, 7) is 1.08. The second kappa shape index (κ2) is 16.0. The summed E-state index contributed by atoms with van der Waals surface area (Å²) in [5, 5.41) is 3.21. The van der Waals surface area contributed by atoms with Crippen LogP contribution in [0.4, 0.5) is 17.5 Å². The molecular formula is C34H38N6O7. The van der Waals surface area contributed by atoms with Gasteiger partial charge in [0.05, 0.1) is 21.3 Å². The number of aromatic nitrogens is 2. The smallest absolute Gasteiger partial charge is 0.252 e. The molecule has 2 atom stereocenters. The number of benzene rings is 3. The van der Waals surface area contributed by atoms with E-state index in [9.17, 15) is 9.59 Å². The molecule has 2 amide bonds. The Kier molecular flexibility index (Phi) is 11.1. The number of nitrogens with zero attached hydrogens (tertiary/aromatic N) is 3. The lowest BCUT2D eigenvalue weighted by molar-refractivity contribution is -0.129. The number of hydrogen-bond donors (Lipinski definition) is 3. The largest absolute Gasteiger partial charge is 0.493 e. The molecule has 2 heterocycles. The molecule has 5 rings (SSSR count). The summed E-state index contributed by atoms with van der Waals surface area (Å²) >= 11 is 0. The first-order chi connectivity index (χ1) is 22.9. The number of hydrogen-bond acceptors (Lipinski definition) is 11. The number of nitrogens with one attached hydrogen (secondary N) is 3. The van der Waals surface area contributed by atoms with Gasteiger partial charge in [0.25, 0.3) is 11.8 Å². The third kappa shape index (κ3) is 9.16. The Balaban J connectivity index is 1.29. The average molecular weight is 643 g/mol. The molecule has 0 radical (unpaired) electrons. The van der Waals surface area contributed by atoms with Crippen LogP contribution >= 0.6 is 0 Å². The summed E-state index contributed by atoms with van der Waals surface area (Å²) in [7, 11) is 4.63. The van der Waals surface area contributed by atoms with Crippen LogP contribution in [0.3, 0.4) is 0 Å². The van der Waals surface area contributed by atoms with Gasteiger partial charge in [-0.25, -0.2) is 4.98 Å². The van der Waals surface area contributed by atoms with Crippen molar-refractivity contribution in [1.29, 1.82) is 0 Å². The number of methoxy groups -OCH3 is 3. The van der Waals surface area contributed by atoms with Crippen molar-refractivity contribution in [2.45, 2.75) is 19.3 Å². The van der Waals surface area contributed by atoms with E-state index in [1.807, 2.05) is 36.4 Å². The molecule has 3 N–H and O–H groups in total. The Morgan fingerprint density at radius 3 is 1.79 bits per heavy atom. The van der Waals surface area contributed by atoms with Crippen molar-refractivity contribution < 1.29 is 33.5 Å². The van der Waals surface area contributed by atoms with Gasteiger partial charge in [-0.05, 0) is 48.6 Å². The molecular weight excluding hydrogens is 604 g/mol. The van der Waals surface area contributed by atoms with Gasteiger partial charge in [0.15, 0.2) is 23.0 Å². The highest BCUT2D eigenvalue weighted by Gasteiger charge is 2.31. The lowest BCUT2D eigenvalue weighted by Gasteiger charge is -2.38. The topological polar surface area (TPSA) is 145 Å². The third-order valence-corrected chi connectivity index (χ3v) is 7.51. The van der Waals surface area contributed by atoms with Crippen LogP contribution < -0.4 is 45.1 Å². The Morgan fingerprint density at radius 2 is 1.30 bits per heavy atom. The maximum atomic E-state index is 12.9. The van der Waals surface area contributed by atoms with Crippen LogP contribution in [-0.4, -0.2) is 56.2 Å². The number of carbonyl (C=O) groups excluding carboxylic acids is 2. The number of amides is 2. The number of piperidine rings is 1. The Morgan fingerprint density at radius 1 is 0.766 bits per heavy atom. The fraction of sp³-hybridized carbons (Fsp3) is 0.294. The molecule has 1 aromatic heterocycles. The maximum absolute atomic E-state index is 12.9. The Bertz CT molecular complexity index is 1540. The van der Waals surface area contributed by atoms with Crippen molar-refractivity contribution in [2.75, 3.05) is 44.6 Å². The molecule has 1 aliphatic heterocycles. The van der Waals surface area contributed by atoms with E-state index in [2.05, 4.69) is 26.2 Å². The molecule has 1 fully saturated rings. The number of anilines is 3. The van der Waals surface area contributed by atoms with Crippen molar-refractivity contribution in [2.24, 2.45) is 11.8 Å². The van der Waals surface area contributed by atoms with E-state index < -0.39 is 0 Å². The van der Waals surface area contributed by atoms with Crippen molar-refractivity contribution in [3.8, 4) is 28.7 Å². The molecule has 1 aliphatic rings. The molecule has 47 heavy (non-hydrogen) atoms. The van der Waals surface area contributed by atoms with E-state index in [4.69, 9.17) is 28.9 Å². The minimum atomic E-state index is -0.260. The van der Waals surface area contributed by atoms with Crippen LogP contribution in [0.15, 0.2) is 85.1 Å². The summed E-state index contributed by atoms with van der Waals surface area (Å²) < 4.78 is 16.4. The molecule has 0 aliphatic carbocycles. The third-order valence-electron chi connectivity index (χ3n) is 7.51. The van der Waals surface area contributed by atoms with Gasteiger partial charge in [-0.15, -0.1) is 0 Å². The lowest BCUT2D eigenvalue weighted by Crippen LogP contribution is -2.44. The van der Waals surface area contributed by atoms with Crippen LogP contribution in [0.1, 0.15) is 19.3 Å². The first-order valence-corrected chi connectivity index (χ1v) is 15.1. The van der Waals surface area contributed by atoms with Gasteiger partial charge < -0.3 is 34.1 Å². The van der Waals surface area contributed by atoms with Crippen molar-refractivity contribution in [3.05, 3.63) is 85.1 Å². The number of rotatable bonds is 14. The zero-order valence-electron chi connectivity index (χ0n) is 26.5. The highest BCUT2D eigenvalue weighted by molar-refractivity contribution is 5.76. The second-order valence-corrected chi connectivity index (χ2v) is 10.9. The predicted octanol–water partition coefficient (Wildman–Crippen LogP) is 4.69. The molecule has 0 spiro atoms. The second-order valence-electron chi connectivity index (χ2n) is 10.9. The maximum Gasteiger partial charge on any atom is 0.252 e. The van der Waals surface area contributed by atoms with Crippen LogP contribution in [-0.2, 0) is 9.59 Å². The number of hydroxylamine groups is 2. The predicted molar refractivity (Wildman–Crippen MR) is 175 cm³/mol. The van der Waals surface area contributed by atoms with Gasteiger partial charge in [0.2, 0.25) is 11.7 Å². The number of carbonyl (C=O) groups is 2. The molecule has 1 saturated heterocycles. The minimum absolute atomic E-state index is 0.0857. The molecule has 13 nitrogen and oxygen atoms in total. The number of para-hydroxylation sites is 2. The van der Waals surface area contributed by atoms with E-state index in [1.54, 1.807) is 70.0 Å². The average Bonchev–Trinajstić information content (AvgIpc) is 3.10. The highest BCUT2D eigenvalue weighted by atomic mass is 16.7. The van der Waals surface area contributed by atoms with Gasteiger partial charge in [-0.2, -0.15) is 15.9 Å². The van der Waals surface area contributed by atoms with E-state index in [1.165, 1.54) is 0 Å². The normalized spacial score (nSPS) is 15.6. The fourth-order valence-corrected chi connectivity index (χ4v) is 5.49. The molecule has 4 aromatic rings. The zero-order chi connectivity index (χ0) is 33.0. The molecule has 0 bridgehead atoms. The SMILES string of the molecule is COc1cc(Nc2nccc(N3C[C@H](CC(=O)NOc4ccccc4)C[C@H](CC(=O)NOc4ccccc4)C3)n2)cc(OC)c1OC. The molecule has 0 unspecified atom stereocenters. The van der Waals surface area contributed by atoms with Gasteiger partial charge in [0.1, 0.15) is 5.82 Å². The van der Waals surface area contributed by atoms with E-state index in [0.29, 0.717) is 65.7 Å². The highest BCUT2D eigenvalue weighted by Crippen LogP contribution is 2.40. The first kappa shape index (κ1) is 32.7. The van der Waals surface area contributed by atoms with Crippen LogP contribution in [0.2, 0.25) is 0 Å². The number of ether oxygens (including phenoxy) is 3. The van der Waals surface area contributed by atoms with Crippen LogP contribution in [0.5, 0.6) is 28.7 Å². The molecule has 246 valence electrons. The molecule has 13 heteroatoms. The van der Waals surface area contributed by atoms with Gasteiger partial charge in [0, 0.05) is 49.9 Å². The Hall–Kier alpha value is -5.72. The first-order valence-electron chi connectivity index (χ1n) is 15.1. The minimum Gasteiger partial charge on any atom is -0.493 e. The van der Waals surface area contributed by atoms with E-state index in [0.717, 1.165) is 0 Å². The van der Waals surface area contributed by atoms with E-state index in [-0.39, 0.29) is 36.5 Å². The molecule has 0 saturated carbocycles. The summed E-state index contributed by atoms with van der Waals surface area (Å²) in [6, 6.07) is 23.4. The summed E-state index contributed by atoms with van der Waals surface area (Å²) in [6.07, 6.45) is 2.70. The standard InChI is InChI=1S/C34H38N6O7/c1-43-28-19-25(20-29(44-2)33(28)45-3)36-34-35-15-14-30(37-34)40-21-23(17-31(41)38-46-26-10-6-4-7-11-26)16-24(22-40)18-32(42)39-47-27-12-8-5-9-13-27/h4-15,19-20,23-24H,16-18,21-22H2,1-3H3,(H,38,41)(H,39,42)(H,35,36,37)/t23-,24+. The van der Waals surface area contributed by atoms with Gasteiger partial charge in [-0.1, -0.05) is 36.4 Å². The van der Waals surface area contributed by atoms with E-state index >= 15 is 0 Å².